The van der Waals surface area contributed by atoms with E-state index in [9.17, 15) is 13.6 Å². The first-order chi connectivity index (χ1) is 12.6. The Hall–Kier alpha value is -2.80. The number of aromatic nitrogens is 1. The van der Waals surface area contributed by atoms with Crippen molar-refractivity contribution in [1.82, 2.24) is 10.3 Å². The van der Waals surface area contributed by atoms with Crippen molar-refractivity contribution in [2.75, 3.05) is 6.54 Å². The number of para-hydroxylation sites is 1. The molecular formula is C19H16F2N2O2S. The average Bonchev–Trinajstić information content (AvgIpc) is 3.10. The zero-order valence-corrected chi connectivity index (χ0v) is 14.8. The van der Waals surface area contributed by atoms with Crippen LogP contribution in [0.15, 0.2) is 47.8 Å². The maximum atomic E-state index is 13.3. The second-order valence-corrected chi connectivity index (χ2v) is 6.32. The molecule has 1 amide bonds. The van der Waals surface area contributed by atoms with Gasteiger partial charge in [0.1, 0.15) is 34.7 Å². The lowest BCUT2D eigenvalue weighted by Crippen LogP contribution is -2.22. The Morgan fingerprint density at radius 2 is 1.92 bits per heavy atom. The van der Waals surface area contributed by atoms with Crippen molar-refractivity contribution in [3.05, 3.63) is 70.7 Å². The van der Waals surface area contributed by atoms with Crippen molar-refractivity contribution >= 4 is 17.2 Å². The summed E-state index contributed by atoms with van der Waals surface area (Å²) in [5.41, 5.74) is 1.44. The molecule has 2 aromatic carbocycles. The Morgan fingerprint density at radius 1 is 1.19 bits per heavy atom. The van der Waals surface area contributed by atoms with E-state index in [1.807, 2.05) is 19.1 Å². The molecule has 0 atom stereocenters. The van der Waals surface area contributed by atoms with Crippen molar-refractivity contribution in [1.29, 1.82) is 0 Å². The molecule has 4 nitrogen and oxygen atoms in total. The minimum Gasteiger partial charge on any atom is -0.488 e. The molecule has 3 rings (SSSR count). The van der Waals surface area contributed by atoms with Crippen LogP contribution in [-0.2, 0) is 6.61 Å². The third-order valence-electron chi connectivity index (χ3n) is 3.51. The van der Waals surface area contributed by atoms with E-state index in [4.69, 9.17) is 4.74 Å². The summed E-state index contributed by atoms with van der Waals surface area (Å²) in [7, 11) is 0. The van der Waals surface area contributed by atoms with Crippen molar-refractivity contribution in [2.24, 2.45) is 0 Å². The minimum absolute atomic E-state index is 0.0141. The van der Waals surface area contributed by atoms with Gasteiger partial charge in [0.05, 0.1) is 5.56 Å². The van der Waals surface area contributed by atoms with Gasteiger partial charge in [0.15, 0.2) is 0 Å². The third kappa shape index (κ3) is 4.23. The number of benzene rings is 2. The zero-order chi connectivity index (χ0) is 18.5. The van der Waals surface area contributed by atoms with Crippen LogP contribution in [0.4, 0.5) is 8.78 Å². The Kier molecular flexibility index (Phi) is 5.58. The number of carbonyl (C=O) groups is 1. The van der Waals surface area contributed by atoms with Gasteiger partial charge in [-0.05, 0) is 36.8 Å². The van der Waals surface area contributed by atoms with Crippen LogP contribution in [0.1, 0.15) is 23.0 Å². The van der Waals surface area contributed by atoms with Gasteiger partial charge in [-0.1, -0.05) is 12.1 Å². The molecule has 1 heterocycles. The molecule has 0 unspecified atom stereocenters. The summed E-state index contributed by atoms with van der Waals surface area (Å²) in [4.78, 5) is 16.2. The van der Waals surface area contributed by atoms with E-state index in [1.54, 1.807) is 17.5 Å². The number of hydrogen-bond donors (Lipinski definition) is 1. The van der Waals surface area contributed by atoms with Gasteiger partial charge < -0.3 is 10.1 Å². The summed E-state index contributed by atoms with van der Waals surface area (Å²) in [6.07, 6.45) is 0. The van der Waals surface area contributed by atoms with Crippen LogP contribution in [0.5, 0.6) is 5.75 Å². The molecule has 26 heavy (non-hydrogen) atoms. The van der Waals surface area contributed by atoms with E-state index in [1.165, 1.54) is 23.5 Å². The number of rotatable bonds is 6. The highest BCUT2D eigenvalue weighted by atomic mass is 32.1. The molecule has 1 aromatic heterocycles. The maximum Gasteiger partial charge on any atom is 0.270 e. The number of halogens is 2. The molecule has 7 heteroatoms. The van der Waals surface area contributed by atoms with E-state index in [2.05, 4.69) is 10.3 Å². The highest BCUT2D eigenvalue weighted by molar-refractivity contribution is 7.13. The smallest absolute Gasteiger partial charge is 0.270 e. The first-order valence-corrected chi connectivity index (χ1v) is 8.85. The molecule has 0 bridgehead atoms. The largest absolute Gasteiger partial charge is 0.488 e. The second-order valence-electron chi connectivity index (χ2n) is 5.46. The van der Waals surface area contributed by atoms with E-state index in [-0.39, 0.29) is 12.5 Å². The normalized spacial score (nSPS) is 10.6. The lowest BCUT2D eigenvalue weighted by molar-refractivity contribution is 0.0951. The number of nitrogens with one attached hydrogen (secondary N) is 1. The van der Waals surface area contributed by atoms with Crippen molar-refractivity contribution < 1.29 is 18.3 Å². The van der Waals surface area contributed by atoms with E-state index >= 15 is 0 Å². The predicted octanol–water partition coefficient (Wildman–Crippen LogP) is 4.42. The number of nitrogens with zero attached hydrogens (tertiary/aromatic N) is 1. The number of thiazole rings is 1. The van der Waals surface area contributed by atoms with Gasteiger partial charge >= 0.3 is 0 Å². The number of hydrogen-bond acceptors (Lipinski definition) is 4. The maximum absolute atomic E-state index is 13.3. The first kappa shape index (κ1) is 18.0. The molecule has 0 aliphatic heterocycles. The monoisotopic (exact) mass is 374 g/mol. The molecule has 134 valence electrons. The van der Waals surface area contributed by atoms with Gasteiger partial charge in [0.25, 0.3) is 5.91 Å². The first-order valence-electron chi connectivity index (χ1n) is 7.97. The number of amides is 1. The van der Waals surface area contributed by atoms with Crippen molar-refractivity contribution in [3.63, 3.8) is 0 Å². The topological polar surface area (TPSA) is 51.2 Å². The van der Waals surface area contributed by atoms with Crippen molar-refractivity contribution in [2.45, 2.75) is 13.5 Å². The van der Waals surface area contributed by atoms with Crippen LogP contribution in [0.3, 0.4) is 0 Å². The highest BCUT2D eigenvalue weighted by Gasteiger charge is 2.14. The zero-order valence-electron chi connectivity index (χ0n) is 14.0. The fraction of sp³-hybridized carbons (Fsp3) is 0.158. The summed E-state index contributed by atoms with van der Waals surface area (Å²) in [5.74, 6) is -1.01. The van der Waals surface area contributed by atoms with E-state index < -0.39 is 11.6 Å². The number of carbonyl (C=O) groups excluding carboxylic acids is 1. The van der Waals surface area contributed by atoms with Gasteiger partial charge in [0.2, 0.25) is 0 Å². The molecule has 3 aromatic rings. The summed E-state index contributed by atoms with van der Waals surface area (Å²) >= 11 is 1.33. The van der Waals surface area contributed by atoms with E-state index in [0.29, 0.717) is 34.1 Å². The quantitative estimate of drug-likeness (QED) is 0.695. The van der Waals surface area contributed by atoms with Gasteiger partial charge in [-0.3, -0.25) is 4.79 Å². The van der Waals surface area contributed by atoms with E-state index in [0.717, 1.165) is 6.07 Å². The third-order valence-corrected chi connectivity index (χ3v) is 4.38. The molecule has 0 fully saturated rings. The lowest BCUT2D eigenvalue weighted by atomic mass is 10.2. The van der Waals surface area contributed by atoms with Crippen LogP contribution in [0.2, 0.25) is 0 Å². The van der Waals surface area contributed by atoms with Crippen molar-refractivity contribution in [3.8, 4) is 16.3 Å². The van der Waals surface area contributed by atoms with Gasteiger partial charge in [-0.2, -0.15) is 0 Å². The Morgan fingerprint density at radius 3 is 2.65 bits per heavy atom. The van der Waals surface area contributed by atoms with Gasteiger partial charge in [0, 0.05) is 18.0 Å². The molecule has 0 aliphatic rings. The Bertz CT molecular complexity index is 907. The molecule has 0 radical (unpaired) electrons. The minimum atomic E-state index is -0.650. The molecule has 0 aliphatic carbocycles. The molecule has 0 spiro atoms. The van der Waals surface area contributed by atoms with Crippen LogP contribution >= 0.6 is 11.3 Å². The fourth-order valence-corrected chi connectivity index (χ4v) is 3.21. The standard InChI is InChI=1S/C19H16F2N2O2S/c1-2-22-18(24)16-11-26-19(23-16)15-5-3-4-6-17(15)25-10-12-7-13(20)9-14(21)8-12/h3-9,11H,2,10H2,1H3,(H,22,24). The molecule has 0 saturated heterocycles. The van der Waals surface area contributed by atoms with Crippen LogP contribution in [-0.4, -0.2) is 17.4 Å². The summed E-state index contributed by atoms with van der Waals surface area (Å²) in [5, 5.41) is 5.01. The highest BCUT2D eigenvalue weighted by Crippen LogP contribution is 2.32. The SMILES string of the molecule is CCNC(=O)c1csc(-c2ccccc2OCc2cc(F)cc(F)c2)n1. The lowest BCUT2D eigenvalue weighted by Gasteiger charge is -2.10. The van der Waals surface area contributed by atoms with Crippen LogP contribution in [0.25, 0.3) is 10.6 Å². The molecule has 0 saturated carbocycles. The van der Waals surface area contributed by atoms with Gasteiger partial charge in [-0.15, -0.1) is 11.3 Å². The Balaban J connectivity index is 1.81. The number of ether oxygens (including phenoxy) is 1. The summed E-state index contributed by atoms with van der Waals surface area (Å²) in [6.45, 7) is 2.37. The predicted molar refractivity (Wildman–Crippen MR) is 96.2 cm³/mol. The molecule has 1 N–H and O–H groups in total. The van der Waals surface area contributed by atoms with Crippen LogP contribution < -0.4 is 10.1 Å². The summed E-state index contributed by atoms with van der Waals surface area (Å²) in [6, 6.07) is 10.5. The second kappa shape index (κ2) is 8.05. The van der Waals surface area contributed by atoms with Gasteiger partial charge in [-0.25, -0.2) is 13.8 Å². The summed E-state index contributed by atoms with van der Waals surface area (Å²) < 4.78 is 32.3. The van der Waals surface area contributed by atoms with Crippen LogP contribution in [0, 0.1) is 11.6 Å². The molecular weight excluding hydrogens is 358 g/mol. The average molecular weight is 374 g/mol. The Labute approximate surface area is 153 Å². The fourth-order valence-electron chi connectivity index (χ4n) is 2.38.